The Bertz CT molecular complexity index is 586. The van der Waals surface area contributed by atoms with Gasteiger partial charge in [-0.25, -0.2) is 0 Å². The molecule has 1 fully saturated rings. The molecule has 0 bridgehead atoms. The predicted molar refractivity (Wildman–Crippen MR) is 79.9 cm³/mol. The van der Waals surface area contributed by atoms with Crippen LogP contribution in [0.15, 0.2) is 28.8 Å². The lowest BCUT2D eigenvalue weighted by atomic mass is 9.92. The third-order valence-electron chi connectivity index (χ3n) is 4.24. The van der Waals surface area contributed by atoms with Gasteiger partial charge in [-0.05, 0) is 37.9 Å². The zero-order valence-corrected chi connectivity index (χ0v) is 12.6. The zero-order chi connectivity index (χ0) is 14.7. The maximum atomic E-state index is 5.71. The molecular formula is C16H21N3O2. The number of aromatic nitrogens is 2. The van der Waals surface area contributed by atoms with E-state index < -0.39 is 5.60 Å². The molecule has 21 heavy (non-hydrogen) atoms. The first-order valence-corrected chi connectivity index (χ1v) is 7.47. The zero-order valence-electron chi connectivity index (χ0n) is 12.6. The summed E-state index contributed by atoms with van der Waals surface area (Å²) in [7, 11) is 1.71. The largest absolute Gasteiger partial charge is 0.368 e. The standard InChI is InChI=1S/C16H21N3O2/c1-3-12-4-6-13(7-5-12)14-18-15(21-19-14)16(20-2)8-10-17-11-9-16/h4-7,17H,3,8-11H2,1-2H3. The molecule has 2 aromatic rings. The minimum absolute atomic E-state index is 0.445. The number of methoxy groups -OCH3 is 1. The lowest BCUT2D eigenvalue weighted by Gasteiger charge is -2.32. The smallest absolute Gasteiger partial charge is 0.259 e. The molecular weight excluding hydrogens is 266 g/mol. The summed E-state index contributed by atoms with van der Waals surface area (Å²) in [5.41, 5.74) is 1.83. The minimum Gasteiger partial charge on any atom is -0.368 e. The average Bonchev–Trinajstić information content (AvgIpc) is 3.06. The Balaban J connectivity index is 1.87. The van der Waals surface area contributed by atoms with Crippen LogP contribution in [0.5, 0.6) is 0 Å². The molecule has 0 unspecified atom stereocenters. The van der Waals surface area contributed by atoms with Crippen LogP contribution in [0.2, 0.25) is 0 Å². The Hall–Kier alpha value is -1.72. The maximum absolute atomic E-state index is 5.71. The summed E-state index contributed by atoms with van der Waals surface area (Å²) in [6.07, 6.45) is 2.72. The molecule has 1 aliphatic heterocycles. The number of nitrogens with zero attached hydrogens (tertiary/aromatic N) is 2. The molecule has 1 aliphatic rings. The highest BCUT2D eigenvalue weighted by Gasteiger charge is 2.39. The van der Waals surface area contributed by atoms with E-state index in [1.807, 2.05) is 12.1 Å². The van der Waals surface area contributed by atoms with E-state index in [2.05, 4.69) is 34.5 Å². The normalized spacial score (nSPS) is 17.8. The van der Waals surface area contributed by atoms with Gasteiger partial charge in [0.05, 0.1) is 0 Å². The van der Waals surface area contributed by atoms with Gasteiger partial charge in [0, 0.05) is 12.7 Å². The molecule has 1 aromatic carbocycles. The van der Waals surface area contributed by atoms with E-state index in [0.29, 0.717) is 11.7 Å². The molecule has 112 valence electrons. The second-order valence-corrected chi connectivity index (χ2v) is 5.42. The Kier molecular flexibility index (Phi) is 4.03. The maximum Gasteiger partial charge on any atom is 0.259 e. The van der Waals surface area contributed by atoms with Gasteiger partial charge in [0.25, 0.3) is 5.89 Å². The SMILES string of the molecule is CCc1ccc(-c2noc(C3(OC)CCNCC3)n2)cc1. The van der Waals surface area contributed by atoms with Crippen molar-refractivity contribution in [2.75, 3.05) is 20.2 Å². The highest BCUT2D eigenvalue weighted by Crippen LogP contribution is 2.34. The summed E-state index contributed by atoms with van der Waals surface area (Å²) in [4.78, 5) is 4.57. The molecule has 5 nitrogen and oxygen atoms in total. The fraction of sp³-hybridized carbons (Fsp3) is 0.500. The predicted octanol–water partition coefficient (Wildman–Crippen LogP) is 2.52. The van der Waals surface area contributed by atoms with Crippen LogP contribution in [0.4, 0.5) is 0 Å². The summed E-state index contributed by atoms with van der Waals surface area (Å²) in [5.74, 6) is 1.21. The van der Waals surface area contributed by atoms with Crippen molar-refractivity contribution in [3.63, 3.8) is 0 Å². The molecule has 5 heteroatoms. The number of nitrogens with one attached hydrogen (secondary N) is 1. The molecule has 3 rings (SSSR count). The van der Waals surface area contributed by atoms with Crippen molar-refractivity contribution in [1.29, 1.82) is 0 Å². The van der Waals surface area contributed by atoms with Crippen molar-refractivity contribution < 1.29 is 9.26 Å². The summed E-state index contributed by atoms with van der Waals surface area (Å²) in [6, 6.07) is 8.27. The number of hydrogen-bond acceptors (Lipinski definition) is 5. The number of rotatable bonds is 4. The summed E-state index contributed by atoms with van der Waals surface area (Å²) < 4.78 is 11.2. The van der Waals surface area contributed by atoms with Gasteiger partial charge in [-0.3, -0.25) is 0 Å². The molecule has 2 heterocycles. The van der Waals surface area contributed by atoms with E-state index in [4.69, 9.17) is 9.26 Å². The molecule has 1 saturated heterocycles. The van der Waals surface area contributed by atoms with Gasteiger partial charge >= 0.3 is 0 Å². The van der Waals surface area contributed by atoms with Gasteiger partial charge < -0.3 is 14.6 Å². The average molecular weight is 287 g/mol. The van der Waals surface area contributed by atoms with Crippen LogP contribution in [0.1, 0.15) is 31.2 Å². The lowest BCUT2D eigenvalue weighted by molar-refractivity contribution is -0.0622. The van der Waals surface area contributed by atoms with Gasteiger partial charge in [0.1, 0.15) is 5.60 Å². The number of benzene rings is 1. The van der Waals surface area contributed by atoms with E-state index in [9.17, 15) is 0 Å². The first-order chi connectivity index (χ1) is 10.3. The van der Waals surface area contributed by atoms with Gasteiger partial charge in [-0.2, -0.15) is 4.98 Å². The molecule has 0 aliphatic carbocycles. The molecule has 0 amide bonds. The second kappa shape index (κ2) is 5.95. The van der Waals surface area contributed by atoms with E-state index >= 15 is 0 Å². The number of aryl methyl sites for hydroxylation is 1. The summed E-state index contributed by atoms with van der Waals surface area (Å²) in [6.45, 7) is 3.94. The molecule has 0 radical (unpaired) electrons. The van der Waals surface area contributed by atoms with Crippen LogP contribution in [-0.2, 0) is 16.8 Å². The number of hydrogen-bond donors (Lipinski definition) is 1. The Morgan fingerprint density at radius 1 is 1.24 bits per heavy atom. The Labute approximate surface area is 124 Å². The monoisotopic (exact) mass is 287 g/mol. The van der Waals surface area contributed by atoms with E-state index in [-0.39, 0.29) is 0 Å². The first-order valence-electron chi connectivity index (χ1n) is 7.47. The van der Waals surface area contributed by atoms with Crippen molar-refractivity contribution in [2.24, 2.45) is 0 Å². The van der Waals surface area contributed by atoms with Crippen molar-refractivity contribution in [2.45, 2.75) is 31.8 Å². The second-order valence-electron chi connectivity index (χ2n) is 5.42. The third-order valence-corrected chi connectivity index (χ3v) is 4.24. The number of ether oxygens (including phenoxy) is 1. The Morgan fingerprint density at radius 2 is 1.95 bits per heavy atom. The van der Waals surface area contributed by atoms with Crippen LogP contribution in [0.25, 0.3) is 11.4 Å². The van der Waals surface area contributed by atoms with E-state index in [1.54, 1.807) is 7.11 Å². The third kappa shape index (κ3) is 2.71. The fourth-order valence-electron chi connectivity index (χ4n) is 2.75. The van der Waals surface area contributed by atoms with E-state index in [1.165, 1.54) is 5.56 Å². The topological polar surface area (TPSA) is 60.2 Å². The van der Waals surface area contributed by atoms with E-state index in [0.717, 1.165) is 37.9 Å². The van der Waals surface area contributed by atoms with Crippen LogP contribution in [-0.4, -0.2) is 30.3 Å². The van der Waals surface area contributed by atoms with Crippen molar-refractivity contribution in [1.82, 2.24) is 15.5 Å². The van der Waals surface area contributed by atoms with Crippen molar-refractivity contribution >= 4 is 0 Å². The van der Waals surface area contributed by atoms with Gasteiger partial charge in [0.2, 0.25) is 5.82 Å². The number of piperidine rings is 1. The van der Waals surface area contributed by atoms with Crippen LogP contribution < -0.4 is 5.32 Å². The molecule has 1 N–H and O–H groups in total. The lowest BCUT2D eigenvalue weighted by Crippen LogP contribution is -2.41. The van der Waals surface area contributed by atoms with Gasteiger partial charge in [-0.15, -0.1) is 0 Å². The van der Waals surface area contributed by atoms with Crippen molar-refractivity contribution in [3.8, 4) is 11.4 Å². The minimum atomic E-state index is -0.445. The molecule has 0 saturated carbocycles. The highest BCUT2D eigenvalue weighted by molar-refractivity contribution is 5.54. The van der Waals surface area contributed by atoms with Crippen LogP contribution in [0.3, 0.4) is 0 Å². The fourth-order valence-corrected chi connectivity index (χ4v) is 2.75. The summed E-state index contributed by atoms with van der Waals surface area (Å²) in [5, 5.41) is 7.45. The summed E-state index contributed by atoms with van der Waals surface area (Å²) >= 11 is 0. The molecule has 1 aromatic heterocycles. The van der Waals surface area contributed by atoms with Crippen molar-refractivity contribution in [3.05, 3.63) is 35.7 Å². The highest BCUT2D eigenvalue weighted by atomic mass is 16.5. The van der Waals surface area contributed by atoms with Gasteiger partial charge in [0.15, 0.2) is 0 Å². The molecule has 0 atom stereocenters. The quantitative estimate of drug-likeness (QED) is 0.936. The van der Waals surface area contributed by atoms with Crippen LogP contribution >= 0.6 is 0 Å². The Morgan fingerprint density at radius 3 is 2.57 bits per heavy atom. The van der Waals surface area contributed by atoms with Crippen LogP contribution in [0, 0.1) is 0 Å². The first kappa shape index (κ1) is 14.2. The van der Waals surface area contributed by atoms with Gasteiger partial charge in [-0.1, -0.05) is 36.3 Å². The molecule has 0 spiro atoms.